The monoisotopic (exact) mass is 69.1 g/mol. The third kappa shape index (κ3) is 0.469. The summed E-state index contributed by atoms with van der Waals surface area (Å²) in [5.74, 6) is 0. The highest BCUT2D eigenvalue weighted by molar-refractivity contribution is 5.25. The van der Waals surface area contributed by atoms with Gasteiger partial charge in [0.25, 0.3) is 0 Å². The molecule has 1 rings (SSSR count). The van der Waals surface area contributed by atoms with Crippen LogP contribution in [0.5, 0.6) is 0 Å². The van der Waals surface area contributed by atoms with Gasteiger partial charge in [-0.3, -0.25) is 4.99 Å². The molecule has 0 aliphatic heterocycles. The fraction of sp³-hybridized carbons (Fsp3) is 0.750. The molecule has 1 saturated carbocycles. The van der Waals surface area contributed by atoms with Gasteiger partial charge in [0.2, 0.25) is 0 Å². The molecule has 0 bridgehead atoms. The average molecular weight is 69.1 g/mol. The molecule has 5 heavy (non-hydrogen) atoms. The van der Waals surface area contributed by atoms with Gasteiger partial charge < -0.3 is 0 Å². The largest absolute Gasteiger partial charge is 0.298 e. The first kappa shape index (κ1) is 2.88. The van der Waals surface area contributed by atoms with Crippen molar-refractivity contribution in [3.8, 4) is 0 Å². The van der Waals surface area contributed by atoms with E-state index < -0.39 is 0 Å². The minimum atomic E-state index is 0.648. The number of aliphatic imine (C=N–C) groups is 1. The molecule has 0 N–H and O–H groups in total. The maximum atomic E-state index is 3.75. The van der Waals surface area contributed by atoms with Gasteiger partial charge in [0, 0.05) is 6.04 Å². The molecule has 0 aromatic rings. The first-order chi connectivity index (χ1) is 2.43. The lowest BCUT2D eigenvalue weighted by Gasteiger charge is -1.66. The lowest BCUT2D eigenvalue weighted by atomic mass is 10.8. The van der Waals surface area contributed by atoms with Crippen LogP contribution in [0.25, 0.3) is 0 Å². The van der Waals surface area contributed by atoms with Gasteiger partial charge in [-0.05, 0) is 19.6 Å². The lowest BCUT2D eigenvalue weighted by Crippen LogP contribution is -1.62. The van der Waals surface area contributed by atoms with E-state index in [0.29, 0.717) is 6.04 Å². The Balaban J connectivity index is 2.21. The Labute approximate surface area is 31.7 Å². The van der Waals surface area contributed by atoms with E-state index in [1.165, 1.54) is 12.8 Å². The summed E-state index contributed by atoms with van der Waals surface area (Å²) in [6, 6.07) is 0.648. The van der Waals surface area contributed by atoms with Gasteiger partial charge in [0.05, 0.1) is 0 Å². The first-order valence-electron chi connectivity index (χ1n) is 1.89. The Kier molecular flexibility index (Phi) is 0.469. The molecular weight excluding hydrogens is 62.1 g/mol. The van der Waals surface area contributed by atoms with Crippen LogP contribution in [0, 0.1) is 0 Å². The topological polar surface area (TPSA) is 12.4 Å². The van der Waals surface area contributed by atoms with Gasteiger partial charge in [0.1, 0.15) is 0 Å². The quantitative estimate of drug-likeness (QED) is 0.405. The molecule has 0 aromatic heterocycles. The van der Waals surface area contributed by atoms with Crippen LogP contribution in [-0.2, 0) is 0 Å². The molecule has 28 valence electrons. The molecule has 1 fully saturated rings. The summed E-state index contributed by atoms with van der Waals surface area (Å²) in [6.45, 7) is 3.37. The summed E-state index contributed by atoms with van der Waals surface area (Å²) in [6.07, 6.45) is 2.56. The van der Waals surface area contributed by atoms with E-state index in [9.17, 15) is 0 Å². The van der Waals surface area contributed by atoms with E-state index in [4.69, 9.17) is 0 Å². The van der Waals surface area contributed by atoms with Gasteiger partial charge in [-0.25, -0.2) is 0 Å². The van der Waals surface area contributed by atoms with Crippen LogP contribution < -0.4 is 0 Å². The fourth-order valence-electron chi connectivity index (χ4n) is 0.257. The molecule has 0 atom stereocenters. The molecule has 0 aromatic carbocycles. The van der Waals surface area contributed by atoms with Crippen molar-refractivity contribution in [1.29, 1.82) is 0 Å². The number of nitrogens with zero attached hydrogens (tertiary/aromatic N) is 1. The van der Waals surface area contributed by atoms with Crippen LogP contribution in [0.4, 0.5) is 0 Å². The van der Waals surface area contributed by atoms with Crippen molar-refractivity contribution in [2.24, 2.45) is 4.99 Å². The lowest BCUT2D eigenvalue weighted by molar-refractivity contribution is 1.08. The minimum absolute atomic E-state index is 0.648. The van der Waals surface area contributed by atoms with Crippen LogP contribution in [-0.4, -0.2) is 12.8 Å². The molecule has 0 saturated heterocycles. The van der Waals surface area contributed by atoms with Crippen molar-refractivity contribution < 1.29 is 0 Å². The highest BCUT2D eigenvalue weighted by Crippen LogP contribution is 2.21. The first-order valence-corrected chi connectivity index (χ1v) is 1.89. The summed E-state index contributed by atoms with van der Waals surface area (Å²) < 4.78 is 0. The average Bonchev–Trinajstić information content (AvgIpc) is 2.12. The SMILES string of the molecule is C=NC1CC1. The summed E-state index contributed by atoms with van der Waals surface area (Å²) in [7, 11) is 0. The van der Waals surface area contributed by atoms with Crippen LogP contribution in [0.2, 0.25) is 0 Å². The molecular formula is C4H7N. The number of rotatable bonds is 1. The maximum Gasteiger partial charge on any atom is 0.0494 e. The van der Waals surface area contributed by atoms with E-state index in [1.54, 1.807) is 0 Å². The van der Waals surface area contributed by atoms with Crippen LogP contribution >= 0.6 is 0 Å². The van der Waals surface area contributed by atoms with E-state index in [2.05, 4.69) is 11.7 Å². The Bertz CT molecular complexity index is 45.6. The second-order valence-electron chi connectivity index (χ2n) is 1.41. The fourth-order valence-corrected chi connectivity index (χ4v) is 0.257. The molecule has 0 spiro atoms. The Hall–Kier alpha value is -0.330. The standard InChI is InChI=1S/C4H7N/c1-5-4-2-3-4/h4H,1-3H2. The van der Waals surface area contributed by atoms with Gasteiger partial charge in [0.15, 0.2) is 0 Å². The third-order valence-corrected chi connectivity index (χ3v) is 0.805. The third-order valence-electron chi connectivity index (χ3n) is 0.805. The van der Waals surface area contributed by atoms with Gasteiger partial charge in [-0.2, -0.15) is 0 Å². The normalized spacial score (nSPS) is 22.4. The molecule has 1 heteroatoms. The van der Waals surface area contributed by atoms with Crippen molar-refractivity contribution in [1.82, 2.24) is 0 Å². The highest BCUT2D eigenvalue weighted by Gasteiger charge is 2.17. The second kappa shape index (κ2) is 0.814. The molecule has 1 nitrogen and oxygen atoms in total. The zero-order valence-electron chi connectivity index (χ0n) is 3.15. The predicted octanol–water partition coefficient (Wildman–Crippen LogP) is 0.849. The summed E-state index contributed by atoms with van der Waals surface area (Å²) in [4.78, 5) is 3.75. The molecule has 0 unspecified atom stereocenters. The van der Waals surface area contributed by atoms with Gasteiger partial charge in [-0.1, -0.05) is 0 Å². The summed E-state index contributed by atoms with van der Waals surface area (Å²) in [5, 5.41) is 0. The smallest absolute Gasteiger partial charge is 0.0494 e. The summed E-state index contributed by atoms with van der Waals surface area (Å²) >= 11 is 0. The van der Waals surface area contributed by atoms with Crippen molar-refractivity contribution in [3.63, 3.8) is 0 Å². The van der Waals surface area contributed by atoms with Crippen molar-refractivity contribution in [2.75, 3.05) is 0 Å². The molecule has 1 aliphatic rings. The Morgan fingerprint density at radius 3 is 2.20 bits per heavy atom. The van der Waals surface area contributed by atoms with Gasteiger partial charge in [-0.15, -0.1) is 0 Å². The zero-order valence-corrected chi connectivity index (χ0v) is 3.15. The number of hydrogen-bond donors (Lipinski definition) is 0. The van der Waals surface area contributed by atoms with Crippen LogP contribution in [0.3, 0.4) is 0 Å². The zero-order chi connectivity index (χ0) is 3.70. The number of hydrogen-bond acceptors (Lipinski definition) is 1. The van der Waals surface area contributed by atoms with Crippen LogP contribution in [0.1, 0.15) is 12.8 Å². The van der Waals surface area contributed by atoms with Crippen LogP contribution in [0.15, 0.2) is 4.99 Å². The molecule has 0 radical (unpaired) electrons. The second-order valence-corrected chi connectivity index (χ2v) is 1.41. The predicted molar refractivity (Wildman–Crippen MR) is 22.6 cm³/mol. The van der Waals surface area contributed by atoms with E-state index in [-0.39, 0.29) is 0 Å². The van der Waals surface area contributed by atoms with Crippen molar-refractivity contribution in [2.45, 2.75) is 18.9 Å². The minimum Gasteiger partial charge on any atom is -0.298 e. The summed E-state index contributed by atoms with van der Waals surface area (Å²) in [5.41, 5.74) is 0. The molecule has 0 amide bonds. The van der Waals surface area contributed by atoms with Crippen molar-refractivity contribution in [3.05, 3.63) is 0 Å². The maximum absolute atomic E-state index is 3.75. The Morgan fingerprint density at radius 2 is 2.20 bits per heavy atom. The molecule has 1 aliphatic carbocycles. The van der Waals surface area contributed by atoms with E-state index in [1.807, 2.05) is 0 Å². The van der Waals surface area contributed by atoms with E-state index >= 15 is 0 Å². The highest BCUT2D eigenvalue weighted by atomic mass is 14.8. The Morgan fingerprint density at radius 1 is 1.60 bits per heavy atom. The van der Waals surface area contributed by atoms with Gasteiger partial charge >= 0.3 is 0 Å². The van der Waals surface area contributed by atoms with Crippen molar-refractivity contribution >= 4 is 6.72 Å². The molecule has 0 heterocycles. The van der Waals surface area contributed by atoms with E-state index in [0.717, 1.165) is 0 Å².